The Morgan fingerprint density at radius 3 is 2.34 bits per heavy atom. The van der Waals surface area contributed by atoms with Crippen LogP contribution in [0.2, 0.25) is 0 Å². The lowest BCUT2D eigenvalue weighted by Crippen LogP contribution is -2.39. The normalized spacial score (nSPS) is 25.8. The average molecular weight is 692 g/mol. The summed E-state index contributed by atoms with van der Waals surface area (Å²) in [7, 11) is 4.44. The number of hydrogen-bond acceptors (Lipinski definition) is 10. The number of benzene rings is 1. The van der Waals surface area contributed by atoms with Gasteiger partial charge in [-0.05, 0) is 55.9 Å². The molecule has 0 saturated heterocycles. The van der Waals surface area contributed by atoms with Crippen molar-refractivity contribution in [3.05, 3.63) is 94.9 Å². The summed E-state index contributed by atoms with van der Waals surface area (Å²) in [5.74, 6) is -1.79. The minimum atomic E-state index is -1.01. The fraction of sp³-hybridized carbons (Fsp3) is 0.421. The van der Waals surface area contributed by atoms with E-state index in [-0.39, 0.29) is 47.0 Å². The van der Waals surface area contributed by atoms with E-state index in [0.29, 0.717) is 23.3 Å². The third-order valence-electron chi connectivity index (χ3n) is 8.75. The van der Waals surface area contributed by atoms with Crippen LogP contribution in [0.15, 0.2) is 89.3 Å². The number of hydrogen-bond donors (Lipinski definition) is 4. The van der Waals surface area contributed by atoms with Crippen molar-refractivity contribution >= 4 is 29.1 Å². The molecule has 270 valence electrons. The maximum atomic E-state index is 14.4. The van der Waals surface area contributed by atoms with Gasteiger partial charge in [-0.25, -0.2) is 4.79 Å². The molecule has 0 fully saturated rings. The van der Waals surface area contributed by atoms with Crippen LogP contribution in [-0.2, 0) is 28.6 Å². The maximum Gasteiger partial charge on any atom is 0.405 e. The number of rotatable bonds is 8. The summed E-state index contributed by atoms with van der Waals surface area (Å²) in [6.45, 7) is 10.9. The molecule has 1 aliphatic carbocycles. The van der Waals surface area contributed by atoms with Crippen molar-refractivity contribution in [2.24, 2.45) is 17.6 Å². The molecular weight excluding hydrogens is 642 g/mol. The zero-order valence-corrected chi connectivity index (χ0v) is 29.8. The standard InChI is InChI=1S/C38H49N3O9/c1-9-17-40-31-27-18-21(2)19-29(49-8)33(42)23(4)20-24(5)36(50-38(39)46)28(48-7)12-10-11-22(3)37(45)41-32(34(27)43)30(35(31)44)25-13-15-26(47-6)16-14-25/h9-16,20-21,23,28-29,33,36,40,42H,1,17-19H2,2-8H3,(H2,39,46)(H,41,45). The first-order valence-corrected chi connectivity index (χ1v) is 16.4. The molecule has 3 rings (SSSR count). The minimum Gasteiger partial charge on any atom is -0.497 e. The largest absolute Gasteiger partial charge is 0.497 e. The van der Waals surface area contributed by atoms with E-state index < -0.39 is 53.9 Å². The molecule has 12 nitrogen and oxygen atoms in total. The highest BCUT2D eigenvalue weighted by molar-refractivity contribution is 6.39. The van der Waals surface area contributed by atoms with Crippen LogP contribution in [0.25, 0.3) is 5.57 Å². The van der Waals surface area contributed by atoms with Crippen LogP contribution in [-0.4, -0.2) is 81.0 Å². The number of ketones is 2. The van der Waals surface area contributed by atoms with Gasteiger partial charge in [-0.15, -0.1) is 6.58 Å². The fourth-order valence-electron chi connectivity index (χ4n) is 6.06. The lowest BCUT2D eigenvalue weighted by Gasteiger charge is -2.30. The molecule has 0 aromatic heterocycles. The highest BCUT2D eigenvalue weighted by atomic mass is 16.6. The van der Waals surface area contributed by atoms with E-state index in [9.17, 15) is 24.3 Å². The van der Waals surface area contributed by atoms with E-state index in [1.165, 1.54) is 27.4 Å². The molecule has 1 heterocycles. The van der Waals surface area contributed by atoms with Crippen molar-refractivity contribution in [2.45, 2.75) is 65.0 Å². The van der Waals surface area contributed by atoms with Gasteiger partial charge in [0.2, 0.25) is 11.6 Å². The van der Waals surface area contributed by atoms with Crippen LogP contribution in [0.5, 0.6) is 5.75 Å². The SMILES string of the molecule is C=CCNC1=C2CC(C)CC(OC)C(O)C(C)C=C(C)C(OC(N)=O)C(OC)C=CC=C(C)C(=O)NC(=C(c3ccc(OC)cc3)C1=O)C2=O. The summed E-state index contributed by atoms with van der Waals surface area (Å²) in [5.41, 5.74) is 6.76. The monoisotopic (exact) mass is 691 g/mol. The summed E-state index contributed by atoms with van der Waals surface area (Å²) in [6.07, 6.45) is 4.01. The highest BCUT2D eigenvalue weighted by Gasteiger charge is 2.38. The van der Waals surface area contributed by atoms with Crippen molar-refractivity contribution in [1.82, 2.24) is 10.6 Å². The number of primary amides is 1. The summed E-state index contributed by atoms with van der Waals surface area (Å²) in [6, 6.07) is 6.62. The van der Waals surface area contributed by atoms with Crippen molar-refractivity contribution < 1.29 is 43.2 Å². The Hall–Kier alpha value is -4.78. The molecule has 2 aliphatic rings. The van der Waals surface area contributed by atoms with E-state index in [4.69, 9.17) is 24.7 Å². The Labute approximate surface area is 293 Å². The number of ether oxygens (including phenoxy) is 4. The van der Waals surface area contributed by atoms with Gasteiger partial charge in [-0.1, -0.05) is 56.4 Å². The number of fused-ring (bicyclic) bond motifs is 2. The number of Topliss-reactive ketones (excluding diaryl/α,β-unsaturated/α-hetero) is 2. The topological polar surface area (TPSA) is 176 Å². The molecule has 0 saturated carbocycles. The zero-order valence-electron chi connectivity index (χ0n) is 29.8. The number of amides is 2. The number of carbonyl (C=O) groups is 4. The number of nitrogens with two attached hydrogens (primary N) is 1. The third kappa shape index (κ3) is 9.68. The molecular formula is C38H49N3O9. The van der Waals surface area contributed by atoms with Gasteiger partial charge in [-0.3, -0.25) is 14.4 Å². The molecule has 6 unspecified atom stereocenters. The smallest absolute Gasteiger partial charge is 0.405 e. The Kier molecular flexibility index (Phi) is 14.5. The zero-order chi connectivity index (χ0) is 37.1. The number of methoxy groups -OCH3 is 3. The predicted octanol–water partition coefficient (Wildman–Crippen LogP) is 4.07. The molecule has 5 N–H and O–H groups in total. The molecule has 1 aromatic carbocycles. The van der Waals surface area contributed by atoms with Gasteiger partial charge >= 0.3 is 6.09 Å². The number of aliphatic hydroxyl groups is 1. The van der Waals surface area contributed by atoms with E-state index in [0.717, 1.165) is 0 Å². The van der Waals surface area contributed by atoms with E-state index in [1.54, 1.807) is 69.3 Å². The Morgan fingerprint density at radius 1 is 1.08 bits per heavy atom. The predicted molar refractivity (Wildman–Crippen MR) is 190 cm³/mol. The molecule has 12 heteroatoms. The van der Waals surface area contributed by atoms with Gasteiger partial charge in [-0.2, -0.15) is 0 Å². The minimum absolute atomic E-state index is 0.0228. The van der Waals surface area contributed by atoms with Crippen LogP contribution < -0.4 is 21.1 Å². The van der Waals surface area contributed by atoms with Crippen LogP contribution >= 0.6 is 0 Å². The fourth-order valence-corrected chi connectivity index (χ4v) is 6.06. The molecule has 50 heavy (non-hydrogen) atoms. The van der Waals surface area contributed by atoms with Gasteiger partial charge in [0.05, 0.1) is 30.6 Å². The molecule has 1 aromatic rings. The average Bonchev–Trinajstić information content (AvgIpc) is 3.09. The summed E-state index contributed by atoms with van der Waals surface area (Å²) in [5, 5.41) is 17.2. The quantitative estimate of drug-likeness (QED) is 0.230. The Balaban J connectivity index is 2.25. The number of nitrogens with one attached hydrogen (secondary N) is 2. The van der Waals surface area contributed by atoms with Crippen molar-refractivity contribution in [1.29, 1.82) is 0 Å². The Morgan fingerprint density at radius 2 is 1.76 bits per heavy atom. The van der Waals surface area contributed by atoms with Crippen molar-refractivity contribution in [2.75, 3.05) is 27.9 Å². The summed E-state index contributed by atoms with van der Waals surface area (Å²) in [4.78, 5) is 54.3. The van der Waals surface area contributed by atoms with Gasteiger partial charge in [0.1, 0.15) is 17.6 Å². The van der Waals surface area contributed by atoms with E-state index in [2.05, 4.69) is 17.2 Å². The maximum absolute atomic E-state index is 14.4. The molecule has 0 radical (unpaired) electrons. The summed E-state index contributed by atoms with van der Waals surface area (Å²) >= 11 is 0. The van der Waals surface area contributed by atoms with Crippen molar-refractivity contribution in [3.8, 4) is 5.75 Å². The van der Waals surface area contributed by atoms with Gasteiger partial charge in [0.25, 0.3) is 5.91 Å². The Bertz CT molecular complexity index is 1600. The molecule has 2 amide bonds. The van der Waals surface area contributed by atoms with E-state index in [1.807, 2.05) is 6.92 Å². The highest BCUT2D eigenvalue weighted by Crippen LogP contribution is 2.34. The third-order valence-corrected chi connectivity index (χ3v) is 8.75. The van der Waals surface area contributed by atoms with Crippen molar-refractivity contribution in [3.63, 3.8) is 0 Å². The van der Waals surface area contributed by atoms with Crippen LogP contribution in [0, 0.1) is 11.8 Å². The lowest BCUT2D eigenvalue weighted by atomic mass is 9.81. The van der Waals surface area contributed by atoms with E-state index >= 15 is 0 Å². The van der Waals surface area contributed by atoms with Gasteiger partial charge < -0.3 is 40.4 Å². The van der Waals surface area contributed by atoms with Crippen LogP contribution in [0.1, 0.15) is 46.1 Å². The van der Waals surface area contributed by atoms with Crippen LogP contribution in [0.4, 0.5) is 4.79 Å². The lowest BCUT2D eigenvalue weighted by molar-refractivity contribution is -0.120. The first-order chi connectivity index (χ1) is 23.8. The first-order valence-electron chi connectivity index (χ1n) is 16.4. The molecule has 1 aliphatic heterocycles. The second kappa shape index (κ2) is 18.3. The van der Waals surface area contributed by atoms with Gasteiger partial charge in [0.15, 0.2) is 6.10 Å². The molecule has 2 bridgehead atoms. The molecule has 6 atom stereocenters. The summed E-state index contributed by atoms with van der Waals surface area (Å²) < 4.78 is 22.1. The van der Waals surface area contributed by atoms with Gasteiger partial charge in [0, 0.05) is 37.8 Å². The number of aliphatic hydroxyl groups excluding tert-OH is 1. The second-order valence-electron chi connectivity index (χ2n) is 12.5. The first kappa shape index (κ1) is 39.7. The number of allylic oxidation sites excluding steroid dienone is 4. The molecule has 0 spiro atoms. The number of carbonyl (C=O) groups excluding carboxylic acids is 4. The second-order valence-corrected chi connectivity index (χ2v) is 12.5. The van der Waals surface area contributed by atoms with Crippen LogP contribution in [0.3, 0.4) is 0 Å².